The molecule has 1 aliphatic carbocycles. The number of benzene rings is 2. The molecule has 1 N–H and O–H groups in total. The lowest BCUT2D eigenvalue weighted by molar-refractivity contribution is -0.127. The van der Waals surface area contributed by atoms with Crippen molar-refractivity contribution in [1.82, 2.24) is 10.2 Å². The Labute approximate surface area is 181 Å². The van der Waals surface area contributed by atoms with Crippen molar-refractivity contribution in [3.05, 3.63) is 69.7 Å². The Morgan fingerprint density at radius 1 is 1.10 bits per heavy atom. The number of nitrogens with zero attached hydrogens (tertiary/aromatic N) is 1. The van der Waals surface area contributed by atoms with Gasteiger partial charge in [-0.15, -0.1) is 0 Å². The van der Waals surface area contributed by atoms with Crippen LogP contribution in [0.3, 0.4) is 0 Å². The minimum atomic E-state index is -0.0152. The maximum Gasteiger partial charge on any atom is 0.223 e. The second kappa shape index (κ2) is 8.76. The molecule has 2 aliphatic rings. The predicted molar refractivity (Wildman–Crippen MR) is 115 cm³/mol. The number of amides is 2. The first-order valence-electron chi connectivity index (χ1n) is 10.1. The van der Waals surface area contributed by atoms with Crippen LogP contribution in [0.15, 0.2) is 48.5 Å². The van der Waals surface area contributed by atoms with E-state index in [1.807, 2.05) is 35.2 Å². The molecule has 1 saturated heterocycles. The van der Waals surface area contributed by atoms with Crippen LogP contribution in [0.25, 0.3) is 0 Å². The molecule has 0 aromatic heterocycles. The van der Waals surface area contributed by atoms with E-state index in [9.17, 15) is 9.59 Å². The van der Waals surface area contributed by atoms with E-state index >= 15 is 0 Å². The zero-order chi connectivity index (χ0) is 20.4. The highest BCUT2D eigenvalue weighted by atomic mass is 35.5. The highest BCUT2D eigenvalue weighted by molar-refractivity contribution is 6.42. The van der Waals surface area contributed by atoms with Crippen molar-refractivity contribution >= 4 is 35.0 Å². The highest BCUT2D eigenvalue weighted by Gasteiger charge is 2.44. The third kappa shape index (κ3) is 4.93. The van der Waals surface area contributed by atoms with Gasteiger partial charge in [0.1, 0.15) is 0 Å². The minimum Gasteiger partial charge on any atom is -0.355 e. The Kier molecular flexibility index (Phi) is 6.12. The predicted octanol–water partition coefficient (Wildman–Crippen LogP) is 4.30. The summed E-state index contributed by atoms with van der Waals surface area (Å²) >= 11 is 12.0. The van der Waals surface area contributed by atoms with Crippen molar-refractivity contribution in [3.8, 4) is 0 Å². The van der Waals surface area contributed by atoms with Crippen LogP contribution in [-0.2, 0) is 16.0 Å². The average molecular weight is 431 g/mol. The van der Waals surface area contributed by atoms with Gasteiger partial charge >= 0.3 is 0 Å². The van der Waals surface area contributed by atoms with Gasteiger partial charge in [0.15, 0.2) is 0 Å². The maximum absolute atomic E-state index is 12.5. The fraction of sp³-hybridized carbons (Fsp3) is 0.391. The van der Waals surface area contributed by atoms with Gasteiger partial charge in [0.05, 0.1) is 10.0 Å². The number of carbonyl (C=O) groups is 2. The van der Waals surface area contributed by atoms with Crippen molar-refractivity contribution < 1.29 is 9.59 Å². The van der Waals surface area contributed by atoms with E-state index in [1.54, 1.807) is 6.07 Å². The topological polar surface area (TPSA) is 49.4 Å². The molecule has 0 spiro atoms. The quantitative estimate of drug-likeness (QED) is 0.711. The first kappa shape index (κ1) is 20.2. The molecule has 0 bridgehead atoms. The van der Waals surface area contributed by atoms with E-state index in [0.29, 0.717) is 29.6 Å². The Morgan fingerprint density at radius 3 is 2.66 bits per heavy atom. The summed E-state index contributed by atoms with van der Waals surface area (Å²) in [6.07, 6.45) is 2.20. The standard InChI is InChI=1S/C23H24Cl2N2O2/c24-20-7-6-17(11-21(20)25)18-12-19(18)23(29)26-13-16-10-22(28)27(14-16)9-8-15-4-2-1-3-5-15/h1-7,11,16,18-19H,8-10,12-14H2,(H,26,29)/t16-,18+,19+/m0/s1. The molecule has 29 heavy (non-hydrogen) atoms. The van der Waals surface area contributed by atoms with Gasteiger partial charge in [-0.1, -0.05) is 59.6 Å². The summed E-state index contributed by atoms with van der Waals surface area (Å²) in [6, 6.07) is 15.8. The second-order valence-corrected chi connectivity index (χ2v) is 8.83. The van der Waals surface area contributed by atoms with E-state index in [2.05, 4.69) is 17.4 Å². The molecule has 1 saturated carbocycles. The van der Waals surface area contributed by atoms with Crippen LogP contribution in [0.5, 0.6) is 0 Å². The molecule has 4 rings (SSSR count). The number of halogens is 2. The van der Waals surface area contributed by atoms with Gasteiger partial charge in [0.2, 0.25) is 11.8 Å². The summed E-state index contributed by atoms with van der Waals surface area (Å²) in [4.78, 5) is 26.7. The number of nitrogens with one attached hydrogen (secondary N) is 1. The first-order valence-corrected chi connectivity index (χ1v) is 10.8. The van der Waals surface area contributed by atoms with E-state index in [-0.39, 0.29) is 29.6 Å². The van der Waals surface area contributed by atoms with Crippen molar-refractivity contribution in [2.45, 2.75) is 25.2 Å². The van der Waals surface area contributed by atoms with Crippen LogP contribution in [0, 0.1) is 11.8 Å². The van der Waals surface area contributed by atoms with E-state index in [4.69, 9.17) is 23.2 Å². The summed E-state index contributed by atoms with van der Waals surface area (Å²) in [5.41, 5.74) is 2.29. The number of rotatable bonds is 7. The summed E-state index contributed by atoms with van der Waals surface area (Å²) < 4.78 is 0. The van der Waals surface area contributed by atoms with Crippen LogP contribution in [0.1, 0.15) is 29.9 Å². The number of carbonyl (C=O) groups excluding carboxylic acids is 2. The van der Waals surface area contributed by atoms with Crippen LogP contribution in [0.4, 0.5) is 0 Å². The number of likely N-dealkylation sites (tertiary alicyclic amines) is 1. The molecule has 4 nitrogen and oxygen atoms in total. The average Bonchev–Trinajstić information content (AvgIpc) is 3.45. The molecular weight excluding hydrogens is 407 g/mol. The lowest BCUT2D eigenvalue weighted by Crippen LogP contribution is -2.33. The Hall–Kier alpha value is -2.04. The molecule has 2 fully saturated rings. The van der Waals surface area contributed by atoms with Crippen molar-refractivity contribution in [2.75, 3.05) is 19.6 Å². The molecule has 2 aromatic carbocycles. The van der Waals surface area contributed by atoms with Gasteiger partial charge in [0.25, 0.3) is 0 Å². The zero-order valence-corrected chi connectivity index (χ0v) is 17.6. The highest BCUT2D eigenvalue weighted by Crippen LogP contribution is 2.48. The lowest BCUT2D eigenvalue weighted by Gasteiger charge is -2.17. The number of hydrogen-bond donors (Lipinski definition) is 1. The second-order valence-electron chi connectivity index (χ2n) is 8.01. The van der Waals surface area contributed by atoms with Crippen molar-refractivity contribution in [2.24, 2.45) is 11.8 Å². The summed E-state index contributed by atoms with van der Waals surface area (Å²) in [5, 5.41) is 4.10. The molecule has 3 atom stereocenters. The summed E-state index contributed by atoms with van der Waals surface area (Å²) in [7, 11) is 0. The maximum atomic E-state index is 12.5. The third-order valence-corrected chi connectivity index (χ3v) is 6.61. The monoisotopic (exact) mass is 430 g/mol. The fourth-order valence-electron chi connectivity index (χ4n) is 4.09. The van der Waals surface area contributed by atoms with Gasteiger partial charge in [-0.3, -0.25) is 9.59 Å². The molecule has 2 aromatic rings. The molecule has 1 aliphatic heterocycles. The molecular formula is C23H24Cl2N2O2. The third-order valence-electron chi connectivity index (χ3n) is 5.87. The first-order chi connectivity index (χ1) is 14.0. The van der Waals surface area contributed by atoms with Gasteiger partial charge in [-0.25, -0.2) is 0 Å². The van der Waals surface area contributed by atoms with E-state index < -0.39 is 0 Å². The van der Waals surface area contributed by atoms with E-state index in [1.165, 1.54) is 5.56 Å². The van der Waals surface area contributed by atoms with Gasteiger partial charge in [-0.05, 0) is 42.0 Å². The zero-order valence-electron chi connectivity index (χ0n) is 16.1. The molecule has 2 amide bonds. The van der Waals surface area contributed by atoms with E-state index in [0.717, 1.165) is 24.9 Å². The normalized spacial score (nSPS) is 23.3. The molecule has 152 valence electrons. The molecule has 1 heterocycles. The Balaban J connectivity index is 1.22. The van der Waals surface area contributed by atoms with Crippen LogP contribution in [0.2, 0.25) is 10.0 Å². The smallest absolute Gasteiger partial charge is 0.223 e. The SMILES string of the molecule is O=C(NC[C@@H]1CC(=O)N(CCc2ccccc2)C1)[C@@H]1C[C@@H]1c1ccc(Cl)c(Cl)c1. The lowest BCUT2D eigenvalue weighted by atomic mass is 10.1. The number of hydrogen-bond acceptors (Lipinski definition) is 2. The van der Waals surface area contributed by atoms with Gasteiger partial charge in [0, 0.05) is 37.9 Å². The minimum absolute atomic E-state index is 0.0152. The largest absolute Gasteiger partial charge is 0.355 e. The van der Waals surface area contributed by atoms with Crippen LogP contribution in [-0.4, -0.2) is 36.3 Å². The van der Waals surface area contributed by atoms with Crippen LogP contribution >= 0.6 is 23.2 Å². The van der Waals surface area contributed by atoms with Crippen molar-refractivity contribution in [3.63, 3.8) is 0 Å². The van der Waals surface area contributed by atoms with Gasteiger partial charge in [-0.2, -0.15) is 0 Å². The molecule has 6 heteroatoms. The van der Waals surface area contributed by atoms with Crippen molar-refractivity contribution in [1.29, 1.82) is 0 Å². The van der Waals surface area contributed by atoms with Gasteiger partial charge < -0.3 is 10.2 Å². The Morgan fingerprint density at radius 2 is 1.90 bits per heavy atom. The molecule has 0 radical (unpaired) electrons. The molecule has 0 unspecified atom stereocenters. The fourth-order valence-corrected chi connectivity index (χ4v) is 4.39. The Bertz CT molecular complexity index is 903. The summed E-state index contributed by atoms with van der Waals surface area (Å²) in [5.74, 6) is 0.622. The summed E-state index contributed by atoms with van der Waals surface area (Å²) in [6.45, 7) is 2.00. The van der Waals surface area contributed by atoms with Crippen LogP contribution < -0.4 is 5.32 Å².